The second-order valence-electron chi connectivity index (χ2n) is 3.97. The highest BCUT2D eigenvalue weighted by Gasteiger charge is 2.18. The van der Waals surface area contributed by atoms with Gasteiger partial charge >= 0.3 is 5.97 Å². The van der Waals surface area contributed by atoms with Crippen molar-refractivity contribution in [1.82, 2.24) is 0 Å². The second-order valence-corrected chi connectivity index (χ2v) is 4.77. The first-order valence-corrected chi connectivity index (χ1v) is 5.98. The van der Waals surface area contributed by atoms with Crippen molar-refractivity contribution in [2.24, 2.45) is 5.73 Å². The van der Waals surface area contributed by atoms with Gasteiger partial charge in [-0.1, -0.05) is 6.07 Å². The van der Waals surface area contributed by atoms with Crippen LogP contribution in [0.3, 0.4) is 0 Å². The number of aromatic hydroxyl groups is 1. The minimum atomic E-state index is -0.764. The molecule has 0 heterocycles. The van der Waals surface area contributed by atoms with Crippen LogP contribution in [0.4, 0.5) is 0 Å². The van der Waals surface area contributed by atoms with Gasteiger partial charge < -0.3 is 15.6 Å². The highest BCUT2D eigenvalue weighted by atomic mass is 79.9. The van der Waals surface area contributed by atoms with Crippen molar-refractivity contribution in [3.8, 4) is 5.75 Å². The zero-order valence-corrected chi connectivity index (χ0v) is 11.7. The van der Waals surface area contributed by atoms with Crippen LogP contribution in [-0.4, -0.2) is 24.2 Å². The summed E-state index contributed by atoms with van der Waals surface area (Å²) >= 11 is 3.32. The molecule has 0 saturated heterocycles. The van der Waals surface area contributed by atoms with Crippen LogP contribution < -0.4 is 5.73 Å². The number of ether oxygens (including phenoxy) is 1. The van der Waals surface area contributed by atoms with Gasteiger partial charge in [0.1, 0.15) is 11.8 Å². The van der Waals surface area contributed by atoms with E-state index in [-0.39, 0.29) is 12.2 Å². The molecule has 94 valence electrons. The fourth-order valence-corrected chi connectivity index (χ4v) is 2.12. The molecule has 1 aromatic rings. The first-order chi connectivity index (χ1) is 7.88. The zero-order valence-electron chi connectivity index (χ0n) is 10.1. The Morgan fingerprint density at radius 1 is 1.59 bits per heavy atom. The van der Waals surface area contributed by atoms with E-state index in [2.05, 4.69) is 20.7 Å². The first kappa shape index (κ1) is 14.0. The Morgan fingerprint density at radius 2 is 2.18 bits per heavy atom. The van der Waals surface area contributed by atoms with Gasteiger partial charge in [-0.3, -0.25) is 4.79 Å². The lowest BCUT2D eigenvalue weighted by atomic mass is 10.00. The predicted molar refractivity (Wildman–Crippen MR) is 69.0 cm³/mol. The molecule has 3 N–H and O–H groups in total. The minimum absolute atomic E-state index is 0.132. The number of esters is 1. The number of phenolic OH excluding ortho intramolecular Hbond substituents is 1. The third kappa shape index (κ3) is 2.98. The number of nitrogens with two attached hydrogens (primary N) is 1. The third-order valence-corrected chi connectivity index (χ3v) is 3.74. The number of aryl methyl sites for hydroxylation is 1. The lowest BCUT2D eigenvalue weighted by Gasteiger charge is -2.14. The number of benzene rings is 1. The number of halogens is 1. The van der Waals surface area contributed by atoms with Crippen LogP contribution in [0.5, 0.6) is 5.75 Å². The highest BCUT2D eigenvalue weighted by molar-refractivity contribution is 9.10. The number of hydrogen-bond donors (Lipinski definition) is 2. The maximum atomic E-state index is 11.2. The Morgan fingerprint density at radius 3 is 2.71 bits per heavy atom. The minimum Gasteiger partial charge on any atom is -0.506 e. The number of methoxy groups -OCH3 is 1. The van der Waals surface area contributed by atoms with Gasteiger partial charge in [-0.25, -0.2) is 0 Å². The lowest BCUT2D eigenvalue weighted by molar-refractivity contribution is -0.142. The van der Waals surface area contributed by atoms with Crippen LogP contribution in [0, 0.1) is 13.8 Å². The molecule has 0 amide bonds. The van der Waals surface area contributed by atoms with Crippen molar-refractivity contribution in [3.05, 3.63) is 27.2 Å². The molecule has 5 heteroatoms. The highest BCUT2D eigenvalue weighted by Crippen LogP contribution is 2.33. The molecule has 1 unspecified atom stereocenters. The normalized spacial score (nSPS) is 12.3. The van der Waals surface area contributed by atoms with Crippen LogP contribution in [0.1, 0.15) is 16.7 Å². The molecule has 0 radical (unpaired) electrons. The summed E-state index contributed by atoms with van der Waals surface area (Å²) in [5, 5.41) is 9.95. The van der Waals surface area contributed by atoms with E-state index in [0.717, 1.165) is 11.1 Å². The maximum absolute atomic E-state index is 11.2. The summed E-state index contributed by atoms with van der Waals surface area (Å²) < 4.78 is 5.19. The van der Waals surface area contributed by atoms with Crippen molar-refractivity contribution < 1.29 is 14.6 Å². The zero-order chi connectivity index (χ0) is 13.2. The fourth-order valence-electron chi connectivity index (χ4n) is 1.56. The lowest BCUT2D eigenvalue weighted by Crippen LogP contribution is -2.33. The molecule has 0 bridgehead atoms. The Hall–Kier alpha value is -1.07. The molecule has 0 aromatic heterocycles. The van der Waals surface area contributed by atoms with E-state index in [1.54, 1.807) is 0 Å². The van der Waals surface area contributed by atoms with Gasteiger partial charge in [0.15, 0.2) is 0 Å². The topological polar surface area (TPSA) is 72.5 Å². The molecule has 0 saturated carbocycles. The average Bonchev–Trinajstić information content (AvgIpc) is 2.32. The van der Waals surface area contributed by atoms with Crippen molar-refractivity contribution in [3.63, 3.8) is 0 Å². The van der Waals surface area contributed by atoms with E-state index in [1.807, 2.05) is 19.9 Å². The van der Waals surface area contributed by atoms with E-state index in [0.29, 0.717) is 10.0 Å². The maximum Gasteiger partial charge on any atom is 0.322 e. The average molecular weight is 302 g/mol. The molecule has 0 spiro atoms. The summed E-state index contributed by atoms with van der Waals surface area (Å²) in [5.41, 5.74) is 8.30. The van der Waals surface area contributed by atoms with E-state index < -0.39 is 12.0 Å². The monoisotopic (exact) mass is 301 g/mol. The van der Waals surface area contributed by atoms with Gasteiger partial charge in [-0.2, -0.15) is 0 Å². The molecule has 1 atom stereocenters. The van der Waals surface area contributed by atoms with E-state index in [4.69, 9.17) is 5.73 Å². The first-order valence-electron chi connectivity index (χ1n) is 5.19. The summed E-state index contributed by atoms with van der Waals surface area (Å²) in [6, 6.07) is 1.07. The number of rotatable bonds is 3. The third-order valence-electron chi connectivity index (χ3n) is 2.77. The predicted octanol–water partition coefficient (Wildman–Crippen LogP) is 1.81. The van der Waals surface area contributed by atoms with Gasteiger partial charge in [0.05, 0.1) is 11.6 Å². The molecule has 17 heavy (non-hydrogen) atoms. The Kier molecular flexibility index (Phi) is 4.54. The second kappa shape index (κ2) is 5.51. The van der Waals surface area contributed by atoms with Gasteiger partial charge in [-0.15, -0.1) is 0 Å². The molecule has 1 aromatic carbocycles. The van der Waals surface area contributed by atoms with Gasteiger partial charge in [-0.05, 0) is 46.5 Å². The summed E-state index contributed by atoms with van der Waals surface area (Å²) in [6.07, 6.45) is 0.248. The van der Waals surface area contributed by atoms with Crippen molar-refractivity contribution in [2.75, 3.05) is 7.11 Å². The van der Waals surface area contributed by atoms with Gasteiger partial charge in [0, 0.05) is 6.42 Å². The molecule has 0 aliphatic carbocycles. The molecular formula is C12H16BrNO3. The Bertz CT molecular complexity index is 446. The molecule has 0 aliphatic rings. The van der Waals surface area contributed by atoms with Crippen LogP contribution >= 0.6 is 15.9 Å². The summed E-state index contributed by atoms with van der Waals surface area (Å²) in [7, 11) is 1.29. The Balaban J connectivity index is 3.04. The standard InChI is InChI=1S/C12H16BrNO3/c1-6-4-8(5-9(14)12(16)17-3)11(15)10(13)7(6)2/h4,9,15H,5,14H2,1-3H3. The summed E-state index contributed by atoms with van der Waals surface area (Å²) in [4.78, 5) is 11.2. The van der Waals surface area contributed by atoms with Gasteiger partial charge in [0.2, 0.25) is 0 Å². The van der Waals surface area contributed by atoms with Crippen molar-refractivity contribution >= 4 is 21.9 Å². The van der Waals surface area contributed by atoms with Crippen LogP contribution in [0.25, 0.3) is 0 Å². The van der Waals surface area contributed by atoms with Crippen molar-refractivity contribution in [1.29, 1.82) is 0 Å². The summed E-state index contributed by atoms with van der Waals surface area (Å²) in [6.45, 7) is 3.84. The van der Waals surface area contributed by atoms with E-state index >= 15 is 0 Å². The van der Waals surface area contributed by atoms with Crippen molar-refractivity contribution in [2.45, 2.75) is 26.3 Å². The largest absolute Gasteiger partial charge is 0.506 e. The van der Waals surface area contributed by atoms with E-state index in [9.17, 15) is 9.90 Å². The van der Waals surface area contributed by atoms with Crippen LogP contribution in [-0.2, 0) is 16.0 Å². The smallest absolute Gasteiger partial charge is 0.322 e. The molecule has 0 fully saturated rings. The number of hydrogen-bond acceptors (Lipinski definition) is 4. The van der Waals surface area contributed by atoms with E-state index in [1.165, 1.54) is 7.11 Å². The molecule has 0 aliphatic heterocycles. The summed E-state index contributed by atoms with van der Waals surface area (Å²) in [5.74, 6) is -0.355. The fraction of sp³-hybridized carbons (Fsp3) is 0.417. The number of phenols is 1. The van der Waals surface area contributed by atoms with Crippen LogP contribution in [0.2, 0.25) is 0 Å². The van der Waals surface area contributed by atoms with Crippen LogP contribution in [0.15, 0.2) is 10.5 Å². The Labute approximate surface area is 109 Å². The SMILES string of the molecule is COC(=O)C(N)Cc1cc(C)c(C)c(Br)c1O. The number of carbonyl (C=O) groups excluding carboxylic acids is 1. The molecule has 1 rings (SSSR count). The number of carbonyl (C=O) groups is 1. The van der Waals surface area contributed by atoms with Gasteiger partial charge in [0.25, 0.3) is 0 Å². The molecule has 4 nitrogen and oxygen atoms in total. The quantitative estimate of drug-likeness (QED) is 0.835. The molecular weight excluding hydrogens is 286 g/mol.